The van der Waals surface area contributed by atoms with Crippen LogP contribution in [0.4, 0.5) is 9.59 Å². The van der Waals surface area contributed by atoms with Gasteiger partial charge in [-0.2, -0.15) is 0 Å². The fourth-order valence-electron chi connectivity index (χ4n) is 6.29. The lowest BCUT2D eigenvalue weighted by molar-refractivity contribution is -0.139. The lowest BCUT2D eigenvalue weighted by atomic mass is 9.98. The summed E-state index contributed by atoms with van der Waals surface area (Å²) in [5, 5.41) is 12.2. The number of fused-ring (bicyclic) bond motifs is 3. The Balaban J connectivity index is 1.10. The summed E-state index contributed by atoms with van der Waals surface area (Å²) < 4.78 is 12.1. The Morgan fingerprint density at radius 1 is 0.787 bits per heavy atom. The van der Waals surface area contributed by atoms with Gasteiger partial charge in [-0.1, -0.05) is 139 Å². The van der Waals surface area contributed by atoms with E-state index in [0.717, 1.165) is 41.5 Å². The highest BCUT2D eigenvalue weighted by atomic mass is 16.6. The molecule has 254 valence electrons. The number of rotatable bonds is 21. The summed E-state index contributed by atoms with van der Waals surface area (Å²) in [4.78, 5) is 41.2. The lowest BCUT2D eigenvalue weighted by Crippen LogP contribution is -2.43. The molecule has 0 radical (unpaired) electrons. The zero-order valence-corrected chi connectivity index (χ0v) is 27.8. The number of amides is 1. The van der Waals surface area contributed by atoms with Crippen LogP contribution in [-0.4, -0.2) is 52.1 Å². The Morgan fingerprint density at radius 2 is 1.32 bits per heavy atom. The second-order valence-electron chi connectivity index (χ2n) is 12.5. The van der Waals surface area contributed by atoms with E-state index in [1.807, 2.05) is 48.5 Å². The molecule has 1 aliphatic rings. The number of nitrogens with zero attached hydrogens (tertiary/aromatic N) is 2. The highest BCUT2D eigenvalue weighted by Gasteiger charge is 2.30. The maximum atomic E-state index is 12.7. The van der Waals surface area contributed by atoms with E-state index in [-0.39, 0.29) is 18.9 Å². The summed E-state index contributed by atoms with van der Waals surface area (Å²) in [5.41, 5.74) is 4.68. The maximum absolute atomic E-state index is 12.7. The smallest absolute Gasteiger partial charge is 0.419 e. The van der Waals surface area contributed by atoms with Gasteiger partial charge in [-0.15, -0.1) is 0 Å². The number of carbonyl (C=O) groups excluding carboxylic acids is 2. The summed E-state index contributed by atoms with van der Waals surface area (Å²) >= 11 is 0. The molecule has 9 heteroatoms. The molecule has 0 fully saturated rings. The number of imidazole rings is 1. The standard InChI is InChI=1S/C38H51N3O6/c1-2-3-4-5-6-7-8-9-10-11-12-13-14-19-24-46-38(45)41-26-29(39-28-41)25-35(36(42)43)40-37(44)47-27-34-32-22-17-15-20-30(32)31-21-16-18-23-33(31)34/h15-18,20-23,26,28,34-35H,2-14,19,24-25,27H2,1H3,(H,40,44)(H,42,43). The van der Waals surface area contributed by atoms with Gasteiger partial charge < -0.3 is 19.9 Å². The Labute approximate surface area is 279 Å². The molecule has 0 spiro atoms. The van der Waals surface area contributed by atoms with E-state index in [9.17, 15) is 19.5 Å². The van der Waals surface area contributed by atoms with E-state index in [0.29, 0.717) is 12.3 Å². The molecule has 47 heavy (non-hydrogen) atoms. The quantitative estimate of drug-likeness (QED) is 0.111. The van der Waals surface area contributed by atoms with Crippen LogP contribution >= 0.6 is 0 Å². The number of hydrogen-bond donors (Lipinski definition) is 2. The molecule has 1 aliphatic carbocycles. The van der Waals surface area contributed by atoms with Crippen molar-refractivity contribution in [3.05, 3.63) is 77.9 Å². The van der Waals surface area contributed by atoms with Crippen LogP contribution < -0.4 is 5.32 Å². The van der Waals surface area contributed by atoms with Crippen molar-refractivity contribution in [2.45, 2.75) is 115 Å². The summed E-state index contributed by atoms with van der Waals surface area (Å²) in [5.74, 6) is -1.36. The number of unbranched alkanes of at least 4 members (excludes halogenated alkanes) is 13. The summed E-state index contributed by atoms with van der Waals surface area (Å²) in [6.45, 7) is 2.65. The average molecular weight is 646 g/mol. The number of ether oxygens (including phenoxy) is 2. The van der Waals surface area contributed by atoms with Crippen LogP contribution in [0.25, 0.3) is 11.1 Å². The number of carboxylic acid groups (broad SMARTS) is 1. The molecule has 1 heterocycles. The van der Waals surface area contributed by atoms with Crippen LogP contribution in [0.5, 0.6) is 0 Å². The molecule has 1 aromatic heterocycles. The normalized spacial score (nSPS) is 12.7. The van der Waals surface area contributed by atoms with E-state index in [4.69, 9.17) is 9.47 Å². The number of nitrogens with one attached hydrogen (secondary N) is 1. The number of carboxylic acids is 1. The van der Waals surface area contributed by atoms with E-state index < -0.39 is 24.2 Å². The minimum Gasteiger partial charge on any atom is -0.480 e. The van der Waals surface area contributed by atoms with Gasteiger partial charge >= 0.3 is 18.2 Å². The highest BCUT2D eigenvalue weighted by molar-refractivity contribution is 5.81. The first-order valence-corrected chi connectivity index (χ1v) is 17.5. The molecule has 9 nitrogen and oxygen atoms in total. The molecule has 4 rings (SSSR count). The summed E-state index contributed by atoms with van der Waals surface area (Å²) in [6.07, 6.45) is 18.8. The third kappa shape index (κ3) is 11.3. The molecule has 2 aromatic carbocycles. The molecule has 0 bridgehead atoms. The Hall–Kier alpha value is -4.14. The zero-order chi connectivity index (χ0) is 33.3. The van der Waals surface area contributed by atoms with E-state index in [2.05, 4.69) is 17.2 Å². The topological polar surface area (TPSA) is 120 Å². The maximum Gasteiger partial charge on any atom is 0.419 e. The fourth-order valence-corrected chi connectivity index (χ4v) is 6.29. The number of carbonyl (C=O) groups is 3. The van der Waals surface area contributed by atoms with Gasteiger partial charge in [0.15, 0.2) is 0 Å². The molecule has 0 saturated carbocycles. The van der Waals surface area contributed by atoms with Crippen molar-refractivity contribution in [2.75, 3.05) is 13.2 Å². The number of aromatic nitrogens is 2. The number of alkyl carbamates (subject to hydrolysis) is 1. The Morgan fingerprint density at radius 3 is 1.87 bits per heavy atom. The van der Waals surface area contributed by atoms with Crippen LogP contribution in [0.2, 0.25) is 0 Å². The molecule has 1 unspecified atom stereocenters. The van der Waals surface area contributed by atoms with Crippen LogP contribution in [0, 0.1) is 0 Å². The third-order valence-corrected chi connectivity index (χ3v) is 8.92. The Kier molecular flexibility index (Phi) is 14.8. The minimum absolute atomic E-state index is 0.0754. The first-order valence-electron chi connectivity index (χ1n) is 17.5. The SMILES string of the molecule is CCCCCCCCCCCCCCCCOC(=O)n1cnc(CC(NC(=O)OCC2c3ccccc3-c3ccccc32)C(=O)O)c1. The molecule has 3 aromatic rings. The fraction of sp³-hybridized carbons (Fsp3) is 0.526. The second kappa shape index (κ2) is 19.5. The van der Waals surface area contributed by atoms with Gasteiger partial charge in [0.2, 0.25) is 0 Å². The van der Waals surface area contributed by atoms with Crippen LogP contribution in [0.15, 0.2) is 61.1 Å². The molecule has 2 N–H and O–H groups in total. The van der Waals surface area contributed by atoms with E-state index >= 15 is 0 Å². The molecular formula is C38H51N3O6. The number of benzene rings is 2. The van der Waals surface area contributed by atoms with Crippen molar-refractivity contribution >= 4 is 18.2 Å². The van der Waals surface area contributed by atoms with Crippen molar-refractivity contribution < 1.29 is 29.0 Å². The highest BCUT2D eigenvalue weighted by Crippen LogP contribution is 2.44. The van der Waals surface area contributed by atoms with Gasteiger partial charge in [-0.25, -0.2) is 23.9 Å². The molecule has 1 amide bonds. The first kappa shape index (κ1) is 35.7. The van der Waals surface area contributed by atoms with E-state index in [1.54, 1.807) is 0 Å². The van der Waals surface area contributed by atoms with Gasteiger partial charge in [0.25, 0.3) is 0 Å². The van der Waals surface area contributed by atoms with Crippen molar-refractivity contribution in [1.82, 2.24) is 14.9 Å². The zero-order valence-electron chi connectivity index (χ0n) is 27.8. The number of hydrogen-bond acceptors (Lipinski definition) is 6. The Bertz CT molecular complexity index is 1370. The first-order chi connectivity index (χ1) is 23.0. The minimum atomic E-state index is -1.28. The average Bonchev–Trinajstić information content (AvgIpc) is 3.68. The van der Waals surface area contributed by atoms with Gasteiger partial charge in [-0.05, 0) is 28.7 Å². The number of aliphatic carboxylic acids is 1. The van der Waals surface area contributed by atoms with Gasteiger partial charge in [0.05, 0.1) is 12.3 Å². The lowest BCUT2D eigenvalue weighted by Gasteiger charge is -2.17. The molecular weight excluding hydrogens is 594 g/mol. The van der Waals surface area contributed by atoms with Crippen molar-refractivity contribution in [1.29, 1.82) is 0 Å². The van der Waals surface area contributed by atoms with Crippen LogP contribution in [0.3, 0.4) is 0 Å². The summed E-state index contributed by atoms with van der Waals surface area (Å²) in [7, 11) is 0. The van der Waals surface area contributed by atoms with Crippen LogP contribution in [-0.2, 0) is 20.7 Å². The van der Waals surface area contributed by atoms with Crippen molar-refractivity contribution in [2.24, 2.45) is 0 Å². The summed E-state index contributed by atoms with van der Waals surface area (Å²) in [6, 6.07) is 14.7. The predicted molar refractivity (Wildman–Crippen MR) is 183 cm³/mol. The molecule has 1 atom stereocenters. The monoisotopic (exact) mass is 645 g/mol. The van der Waals surface area contributed by atoms with Crippen molar-refractivity contribution in [3.8, 4) is 11.1 Å². The van der Waals surface area contributed by atoms with Crippen LogP contribution in [0.1, 0.15) is 120 Å². The third-order valence-electron chi connectivity index (χ3n) is 8.92. The largest absolute Gasteiger partial charge is 0.480 e. The molecule has 0 aliphatic heterocycles. The van der Waals surface area contributed by atoms with Gasteiger partial charge in [-0.3, -0.25) is 0 Å². The van der Waals surface area contributed by atoms with E-state index in [1.165, 1.54) is 87.7 Å². The second-order valence-corrected chi connectivity index (χ2v) is 12.5. The van der Waals surface area contributed by atoms with Gasteiger partial charge in [0.1, 0.15) is 19.0 Å². The molecule has 0 saturated heterocycles. The van der Waals surface area contributed by atoms with Gasteiger partial charge in [0, 0.05) is 18.5 Å². The van der Waals surface area contributed by atoms with Crippen molar-refractivity contribution in [3.63, 3.8) is 0 Å². The predicted octanol–water partition coefficient (Wildman–Crippen LogP) is 8.88.